The maximum Gasteiger partial charge on any atom is 0.374 e. The van der Waals surface area contributed by atoms with E-state index in [1.165, 1.54) is 46.3 Å². The van der Waals surface area contributed by atoms with Gasteiger partial charge in [-0.25, -0.2) is 9.18 Å². The number of aromatic carboxylic acids is 1. The van der Waals surface area contributed by atoms with Gasteiger partial charge in [-0.05, 0) is 31.5 Å². The predicted octanol–water partition coefficient (Wildman–Crippen LogP) is 3.26. The Kier molecular flexibility index (Phi) is 4.07. The number of carbonyl (C=O) groups is 1. The molecule has 7 heteroatoms. The van der Waals surface area contributed by atoms with E-state index in [0.29, 0.717) is 22.6 Å². The predicted molar refractivity (Wildman–Crippen MR) is 76.1 cm³/mol. The average molecular weight is 309 g/mol. The van der Waals surface area contributed by atoms with Crippen molar-refractivity contribution in [3.05, 3.63) is 29.5 Å². The van der Waals surface area contributed by atoms with E-state index in [4.69, 9.17) is 19.1 Å². The highest BCUT2D eigenvalue weighted by Crippen LogP contribution is 2.42. The number of hydrogen-bond acceptors (Lipinski definition) is 5. The summed E-state index contributed by atoms with van der Waals surface area (Å²) in [6, 6.07) is 4.31. The van der Waals surface area contributed by atoms with E-state index >= 15 is 0 Å². The van der Waals surface area contributed by atoms with Crippen LogP contribution in [0.5, 0.6) is 11.5 Å². The molecule has 0 aliphatic rings. The van der Waals surface area contributed by atoms with Crippen LogP contribution >= 0.6 is 0 Å². The Labute approximate surface area is 126 Å². The third kappa shape index (κ3) is 2.88. The Morgan fingerprint density at radius 1 is 1.27 bits per heavy atom. The van der Waals surface area contributed by atoms with Crippen molar-refractivity contribution in [1.29, 1.82) is 0 Å². The molecular weight excluding hydrogens is 293 g/mol. The van der Waals surface area contributed by atoms with Gasteiger partial charge in [0.25, 0.3) is 0 Å². The number of benzene rings is 1. The van der Waals surface area contributed by atoms with E-state index in [1.54, 1.807) is 0 Å². The molecule has 0 saturated heterocycles. The van der Waals surface area contributed by atoms with E-state index in [9.17, 15) is 9.18 Å². The van der Waals surface area contributed by atoms with Crippen molar-refractivity contribution in [1.82, 2.24) is 5.16 Å². The van der Waals surface area contributed by atoms with Gasteiger partial charge in [0.05, 0.1) is 19.8 Å². The van der Waals surface area contributed by atoms with Gasteiger partial charge in [0.1, 0.15) is 11.4 Å². The molecule has 0 spiro atoms. The molecule has 2 aromatic rings. The Bertz CT molecular complexity index is 702. The maximum absolute atomic E-state index is 14.3. The summed E-state index contributed by atoms with van der Waals surface area (Å²) in [7, 11) is 2.86. The first kappa shape index (κ1) is 15.8. The van der Waals surface area contributed by atoms with Crippen LogP contribution in [0.3, 0.4) is 0 Å². The smallest absolute Gasteiger partial charge is 0.374 e. The van der Waals surface area contributed by atoms with Gasteiger partial charge in [0.2, 0.25) is 5.76 Å². The SMILES string of the molecule is COc1cc(C(C)(C)F)cc(-c2cc(C(=O)O)on2)c1OC. The highest BCUT2D eigenvalue weighted by molar-refractivity contribution is 5.86. The second-order valence-corrected chi connectivity index (χ2v) is 5.11. The van der Waals surface area contributed by atoms with E-state index < -0.39 is 11.6 Å². The molecule has 0 radical (unpaired) electrons. The van der Waals surface area contributed by atoms with Gasteiger partial charge < -0.3 is 19.1 Å². The molecule has 2 rings (SSSR count). The topological polar surface area (TPSA) is 81.8 Å². The van der Waals surface area contributed by atoms with Crippen molar-refractivity contribution in [2.75, 3.05) is 14.2 Å². The fraction of sp³-hybridized carbons (Fsp3) is 0.333. The number of methoxy groups -OCH3 is 2. The van der Waals surface area contributed by atoms with Crippen LogP contribution in [0, 0.1) is 0 Å². The number of carboxylic acids is 1. The summed E-state index contributed by atoms with van der Waals surface area (Å²) in [5.74, 6) is -0.922. The van der Waals surface area contributed by atoms with Crippen molar-refractivity contribution in [3.8, 4) is 22.8 Å². The zero-order valence-corrected chi connectivity index (χ0v) is 12.6. The first-order valence-corrected chi connectivity index (χ1v) is 6.43. The number of halogens is 1. The zero-order valence-electron chi connectivity index (χ0n) is 12.6. The summed E-state index contributed by atoms with van der Waals surface area (Å²) in [6.45, 7) is 2.81. The van der Waals surface area contributed by atoms with Gasteiger partial charge in [0.15, 0.2) is 11.5 Å². The van der Waals surface area contributed by atoms with Crippen LogP contribution in [0.2, 0.25) is 0 Å². The third-order valence-corrected chi connectivity index (χ3v) is 3.16. The van der Waals surface area contributed by atoms with Crippen LogP contribution in [0.25, 0.3) is 11.3 Å². The Hall–Kier alpha value is -2.57. The number of aromatic nitrogens is 1. The third-order valence-electron chi connectivity index (χ3n) is 3.16. The maximum atomic E-state index is 14.3. The van der Waals surface area contributed by atoms with E-state index in [1.807, 2.05) is 0 Å². The second kappa shape index (κ2) is 5.67. The minimum Gasteiger partial charge on any atom is -0.493 e. The van der Waals surface area contributed by atoms with Crippen molar-refractivity contribution >= 4 is 5.97 Å². The number of alkyl halides is 1. The normalized spacial score (nSPS) is 11.3. The van der Waals surface area contributed by atoms with Crippen LogP contribution < -0.4 is 9.47 Å². The Morgan fingerprint density at radius 3 is 2.41 bits per heavy atom. The zero-order chi connectivity index (χ0) is 16.5. The van der Waals surface area contributed by atoms with Crippen molar-refractivity contribution in [3.63, 3.8) is 0 Å². The van der Waals surface area contributed by atoms with Crippen LogP contribution in [0.1, 0.15) is 30.0 Å². The lowest BCUT2D eigenvalue weighted by molar-refractivity contribution is 0.0652. The number of hydrogen-bond donors (Lipinski definition) is 1. The molecule has 0 unspecified atom stereocenters. The minimum absolute atomic E-state index is 0.221. The molecule has 0 bridgehead atoms. The van der Waals surface area contributed by atoms with Gasteiger partial charge in [-0.2, -0.15) is 0 Å². The Morgan fingerprint density at radius 2 is 1.95 bits per heavy atom. The second-order valence-electron chi connectivity index (χ2n) is 5.11. The Balaban J connectivity index is 2.68. The molecule has 1 heterocycles. The van der Waals surface area contributed by atoms with E-state index in [-0.39, 0.29) is 11.5 Å². The highest BCUT2D eigenvalue weighted by Gasteiger charge is 2.25. The summed E-state index contributed by atoms with van der Waals surface area (Å²) >= 11 is 0. The molecule has 0 atom stereocenters. The molecule has 118 valence electrons. The molecule has 0 fully saturated rings. The lowest BCUT2D eigenvalue weighted by atomic mass is 9.95. The summed E-state index contributed by atoms with van der Waals surface area (Å²) in [5.41, 5.74) is -0.661. The van der Waals surface area contributed by atoms with Crippen LogP contribution in [0.15, 0.2) is 22.7 Å². The highest BCUT2D eigenvalue weighted by atomic mass is 19.1. The summed E-state index contributed by atoms with van der Waals surface area (Å²) < 4.78 is 29.5. The van der Waals surface area contributed by atoms with Crippen molar-refractivity contribution < 1.29 is 28.3 Å². The van der Waals surface area contributed by atoms with Gasteiger partial charge in [-0.3, -0.25) is 0 Å². The standard InChI is InChI=1S/C15H16FNO5/c1-15(2,16)8-5-9(13(21-4)11(6-8)20-3)10-7-12(14(18)19)22-17-10/h5-7H,1-4H3,(H,18,19). The first-order valence-electron chi connectivity index (χ1n) is 6.43. The molecule has 0 saturated carbocycles. The van der Waals surface area contributed by atoms with Crippen LogP contribution in [-0.4, -0.2) is 30.5 Å². The summed E-state index contributed by atoms with van der Waals surface area (Å²) in [5, 5.41) is 12.6. The molecule has 1 N–H and O–H groups in total. The van der Waals surface area contributed by atoms with Crippen LogP contribution in [0.4, 0.5) is 4.39 Å². The fourth-order valence-corrected chi connectivity index (χ4v) is 2.00. The molecular formula is C15H16FNO5. The van der Waals surface area contributed by atoms with Gasteiger partial charge >= 0.3 is 5.97 Å². The first-order chi connectivity index (χ1) is 10.3. The monoisotopic (exact) mass is 309 g/mol. The minimum atomic E-state index is -1.62. The molecule has 6 nitrogen and oxygen atoms in total. The molecule has 0 aliphatic heterocycles. The molecule has 0 aliphatic carbocycles. The molecule has 1 aromatic carbocycles. The molecule has 0 amide bonds. The van der Waals surface area contributed by atoms with Gasteiger partial charge in [-0.15, -0.1) is 0 Å². The summed E-state index contributed by atoms with van der Waals surface area (Å²) in [4.78, 5) is 10.9. The van der Waals surface area contributed by atoms with Crippen molar-refractivity contribution in [2.24, 2.45) is 0 Å². The van der Waals surface area contributed by atoms with E-state index in [0.717, 1.165) is 0 Å². The largest absolute Gasteiger partial charge is 0.493 e. The van der Waals surface area contributed by atoms with Gasteiger partial charge in [0, 0.05) is 6.07 Å². The quantitative estimate of drug-likeness (QED) is 0.913. The van der Waals surface area contributed by atoms with E-state index in [2.05, 4.69) is 5.16 Å². The van der Waals surface area contributed by atoms with Crippen LogP contribution in [-0.2, 0) is 5.67 Å². The fourth-order valence-electron chi connectivity index (χ4n) is 2.00. The number of ether oxygens (including phenoxy) is 2. The molecule has 22 heavy (non-hydrogen) atoms. The number of carboxylic acid groups (broad SMARTS) is 1. The lowest BCUT2D eigenvalue weighted by Gasteiger charge is -2.19. The molecule has 1 aromatic heterocycles. The summed E-state index contributed by atoms with van der Waals surface area (Å²) in [6.07, 6.45) is 0. The van der Waals surface area contributed by atoms with Crippen molar-refractivity contribution in [2.45, 2.75) is 19.5 Å². The average Bonchev–Trinajstić information content (AvgIpc) is 2.94. The number of nitrogens with zero attached hydrogens (tertiary/aromatic N) is 1. The van der Waals surface area contributed by atoms with Gasteiger partial charge in [-0.1, -0.05) is 5.16 Å². The lowest BCUT2D eigenvalue weighted by Crippen LogP contribution is -2.10. The number of rotatable bonds is 5.